The van der Waals surface area contributed by atoms with Gasteiger partial charge in [-0.25, -0.2) is 9.97 Å². The molecule has 3 rings (SSSR count). The molecule has 3 heterocycles. The molecule has 4 nitrogen and oxygen atoms in total. The molecule has 0 aromatic carbocycles. The summed E-state index contributed by atoms with van der Waals surface area (Å²) >= 11 is 0. The summed E-state index contributed by atoms with van der Waals surface area (Å²) in [6.45, 7) is 9.71. The van der Waals surface area contributed by atoms with Crippen LogP contribution in [-0.4, -0.2) is 27.6 Å². The maximum atomic E-state index is 4.48. The fourth-order valence-corrected chi connectivity index (χ4v) is 2.77. The number of pyridine rings is 1. The molecule has 0 N–H and O–H groups in total. The molecule has 2 aromatic heterocycles. The van der Waals surface area contributed by atoms with Crippen molar-refractivity contribution < 1.29 is 0 Å². The molecular weight excluding hydrogens is 248 g/mol. The Morgan fingerprint density at radius 2 is 2.05 bits per heavy atom. The van der Waals surface area contributed by atoms with E-state index in [0.717, 1.165) is 25.5 Å². The average Bonchev–Trinajstić information content (AvgIpc) is 2.83. The Hall–Kier alpha value is -1.84. The molecule has 0 unspecified atom stereocenters. The molecule has 0 atom stereocenters. The zero-order valence-corrected chi connectivity index (χ0v) is 12.5. The van der Waals surface area contributed by atoms with E-state index in [-0.39, 0.29) is 0 Å². The molecular formula is C16H22N4. The van der Waals surface area contributed by atoms with Crippen molar-refractivity contribution in [2.24, 2.45) is 5.92 Å². The van der Waals surface area contributed by atoms with E-state index in [2.05, 4.69) is 58.5 Å². The van der Waals surface area contributed by atoms with Crippen LogP contribution in [0.4, 0.5) is 5.82 Å². The number of nitrogens with zero attached hydrogens (tertiary/aromatic N) is 4. The Morgan fingerprint density at radius 3 is 2.70 bits per heavy atom. The summed E-state index contributed by atoms with van der Waals surface area (Å²) in [5.41, 5.74) is 1.21. The summed E-state index contributed by atoms with van der Waals surface area (Å²) < 4.78 is 2.30. The van der Waals surface area contributed by atoms with Crippen molar-refractivity contribution in [3.63, 3.8) is 0 Å². The van der Waals surface area contributed by atoms with Gasteiger partial charge in [-0.1, -0.05) is 19.9 Å². The third-order valence-corrected chi connectivity index (χ3v) is 3.90. The van der Waals surface area contributed by atoms with Gasteiger partial charge in [0.1, 0.15) is 11.6 Å². The highest BCUT2D eigenvalue weighted by atomic mass is 15.2. The molecule has 4 heteroatoms. The van der Waals surface area contributed by atoms with Gasteiger partial charge in [0, 0.05) is 50.1 Å². The van der Waals surface area contributed by atoms with Crippen LogP contribution in [-0.2, 0) is 6.54 Å². The number of anilines is 1. The van der Waals surface area contributed by atoms with E-state index in [0.29, 0.717) is 11.8 Å². The van der Waals surface area contributed by atoms with E-state index in [4.69, 9.17) is 0 Å². The smallest absolute Gasteiger partial charge is 0.128 e. The number of hydrogen-bond acceptors (Lipinski definition) is 3. The fraction of sp³-hybridized carbons (Fsp3) is 0.500. The second-order valence-corrected chi connectivity index (χ2v) is 6.06. The molecule has 0 bridgehead atoms. The van der Waals surface area contributed by atoms with Crippen molar-refractivity contribution >= 4 is 5.82 Å². The van der Waals surface area contributed by atoms with Crippen molar-refractivity contribution in [1.29, 1.82) is 0 Å². The first kappa shape index (κ1) is 13.2. The van der Waals surface area contributed by atoms with E-state index < -0.39 is 0 Å². The van der Waals surface area contributed by atoms with E-state index >= 15 is 0 Å². The molecule has 1 aliphatic heterocycles. The predicted octanol–water partition coefficient (Wildman–Crippen LogP) is 2.85. The van der Waals surface area contributed by atoms with Gasteiger partial charge in [0.15, 0.2) is 0 Å². The van der Waals surface area contributed by atoms with Gasteiger partial charge in [-0.05, 0) is 18.6 Å². The first-order chi connectivity index (χ1) is 9.63. The van der Waals surface area contributed by atoms with Crippen LogP contribution in [0.3, 0.4) is 0 Å². The fourth-order valence-electron chi connectivity index (χ4n) is 2.77. The Balaban J connectivity index is 1.58. The largest absolute Gasteiger partial charge is 0.356 e. The van der Waals surface area contributed by atoms with Gasteiger partial charge in [-0.3, -0.25) is 0 Å². The molecule has 1 aliphatic rings. The molecule has 2 aromatic rings. The van der Waals surface area contributed by atoms with Crippen LogP contribution in [0.5, 0.6) is 0 Å². The topological polar surface area (TPSA) is 34.0 Å². The molecule has 1 saturated heterocycles. The van der Waals surface area contributed by atoms with E-state index in [1.165, 1.54) is 11.4 Å². The van der Waals surface area contributed by atoms with E-state index in [9.17, 15) is 0 Å². The molecule has 0 saturated carbocycles. The predicted molar refractivity (Wildman–Crippen MR) is 81.0 cm³/mol. The van der Waals surface area contributed by atoms with Crippen LogP contribution in [0.1, 0.15) is 31.2 Å². The molecule has 1 fully saturated rings. The molecule has 0 spiro atoms. The number of imidazole rings is 1. The highest BCUT2D eigenvalue weighted by Crippen LogP contribution is 2.25. The van der Waals surface area contributed by atoms with Crippen molar-refractivity contribution in [2.45, 2.75) is 33.2 Å². The maximum absolute atomic E-state index is 4.48. The lowest BCUT2D eigenvalue weighted by Crippen LogP contribution is -2.49. The minimum absolute atomic E-state index is 0.486. The third kappa shape index (κ3) is 2.55. The van der Waals surface area contributed by atoms with Gasteiger partial charge in [0.25, 0.3) is 0 Å². The van der Waals surface area contributed by atoms with Gasteiger partial charge < -0.3 is 9.47 Å². The van der Waals surface area contributed by atoms with Crippen molar-refractivity contribution in [3.05, 3.63) is 42.1 Å². The summed E-state index contributed by atoms with van der Waals surface area (Å²) in [6.07, 6.45) is 5.95. The third-order valence-electron chi connectivity index (χ3n) is 3.90. The highest BCUT2D eigenvalue weighted by Gasteiger charge is 2.28. The molecule has 0 radical (unpaired) electrons. The lowest BCUT2D eigenvalue weighted by atomic mass is 9.99. The summed E-state index contributed by atoms with van der Waals surface area (Å²) in [7, 11) is 0. The minimum Gasteiger partial charge on any atom is -0.356 e. The SMILES string of the molecule is Cc1ccc(N2CC(Cn3ccnc3C(C)C)C2)nc1. The summed E-state index contributed by atoms with van der Waals surface area (Å²) in [4.78, 5) is 11.3. The van der Waals surface area contributed by atoms with Gasteiger partial charge in [0.2, 0.25) is 0 Å². The van der Waals surface area contributed by atoms with Crippen molar-refractivity contribution in [3.8, 4) is 0 Å². The normalized spacial score (nSPS) is 15.7. The Bertz CT molecular complexity index is 564. The second kappa shape index (κ2) is 5.27. The van der Waals surface area contributed by atoms with Crippen LogP contribution < -0.4 is 4.90 Å². The number of aryl methyl sites for hydroxylation is 1. The first-order valence-corrected chi connectivity index (χ1v) is 7.32. The number of aromatic nitrogens is 3. The lowest BCUT2D eigenvalue weighted by molar-refractivity contribution is 0.349. The monoisotopic (exact) mass is 270 g/mol. The minimum atomic E-state index is 0.486. The van der Waals surface area contributed by atoms with E-state index in [1.54, 1.807) is 0 Å². The summed E-state index contributed by atoms with van der Waals surface area (Å²) in [5.74, 6) is 3.48. The van der Waals surface area contributed by atoms with Gasteiger partial charge in [0.05, 0.1) is 0 Å². The van der Waals surface area contributed by atoms with Crippen LogP contribution >= 0.6 is 0 Å². The Morgan fingerprint density at radius 1 is 1.25 bits per heavy atom. The molecule has 106 valence electrons. The number of hydrogen-bond donors (Lipinski definition) is 0. The molecule has 0 amide bonds. The van der Waals surface area contributed by atoms with Crippen LogP contribution in [0.2, 0.25) is 0 Å². The lowest BCUT2D eigenvalue weighted by Gasteiger charge is -2.40. The zero-order valence-electron chi connectivity index (χ0n) is 12.5. The van der Waals surface area contributed by atoms with Crippen LogP contribution in [0.25, 0.3) is 0 Å². The molecule has 20 heavy (non-hydrogen) atoms. The standard InChI is InChI=1S/C16H22N4/c1-12(2)16-17-6-7-19(16)9-14-10-20(11-14)15-5-4-13(3)8-18-15/h4-8,12,14H,9-11H2,1-3H3. The summed E-state index contributed by atoms with van der Waals surface area (Å²) in [6, 6.07) is 4.24. The maximum Gasteiger partial charge on any atom is 0.128 e. The summed E-state index contributed by atoms with van der Waals surface area (Å²) in [5, 5.41) is 0. The first-order valence-electron chi connectivity index (χ1n) is 7.32. The van der Waals surface area contributed by atoms with Crippen molar-refractivity contribution in [2.75, 3.05) is 18.0 Å². The van der Waals surface area contributed by atoms with E-state index in [1.807, 2.05) is 12.4 Å². The van der Waals surface area contributed by atoms with Gasteiger partial charge >= 0.3 is 0 Å². The highest BCUT2D eigenvalue weighted by molar-refractivity contribution is 5.42. The van der Waals surface area contributed by atoms with Crippen LogP contribution in [0.15, 0.2) is 30.7 Å². The van der Waals surface area contributed by atoms with Gasteiger partial charge in [-0.15, -0.1) is 0 Å². The van der Waals surface area contributed by atoms with Crippen LogP contribution in [0, 0.1) is 12.8 Å². The zero-order chi connectivity index (χ0) is 14.1. The second-order valence-electron chi connectivity index (χ2n) is 6.06. The van der Waals surface area contributed by atoms with Gasteiger partial charge in [-0.2, -0.15) is 0 Å². The molecule has 0 aliphatic carbocycles. The van der Waals surface area contributed by atoms with Crippen molar-refractivity contribution in [1.82, 2.24) is 14.5 Å². The number of rotatable bonds is 4. The Labute approximate surface area is 120 Å². The average molecular weight is 270 g/mol. The Kier molecular flexibility index (Phi) is 3.47. The quantitative estimate of drug-likeness (QED) is 0.856.